The lowest BCUT2D eigenvalue weighted by molar-refractivity contribution is 0.0933. The second-order valence-electron chi connectivity index (χ2n) is 3.46. The van der Waals surface area contributed by atoms with E-state index >= 15 is 0 Å². The third-order valence-corrected chi connectivity index (χ3v) is 2.96. The number of aryl methyl sites for hydroxylation is 1. The van der Waals surface area contributed by atoms with Gasteiger partial charge in [-0.3, -0.25) is 9.36 Å². The molecule has 4 heteroatoms. The van der Waals surface area contributed by atoms with Crippen molar-refractivity contribution >= 4 is 32.7 Å². The van der Waals surface area contributed by atoms with E-state index in [1.807, 2.05) is 18.2 Å². The Kier molecular flexibility index (Phi) is 2.31. The Morgan fingerprint density at radius 3 is 2.73 bits per heavy atom. The van der Waals surface area contributed by atoms with Gasteiger partial charge in [-0.15, -0.1) is 0 Å². The Labute approximate surface area is 95.5 Å². The van der Waals surface area contributed by atoms with Crippen LogP contribution in [-0.2, 0) is 0 Å². The molecule has 15 heavy (non-hydrogen) atoms. The molecule has 0 amide bonds. The summed E-state index contributed by atoms with van der Waals surface area (Å²) in [5.74, 6) is -0.167. The second kappa shape index (κ2) is 3.38. The molecule has 0 radical (unpaired) electrons. The SMILES string of the molecule is CC(=O)n1c(O)c(C)c2ccc(Br)cc21. The summed E-state index contributed by atoms with van der Waals surface area (Å²) in [5.41, 5.74) is 1.46. The summed E-state index contributed by atoms with van der Waals surface area (Å²) < 4.78 is 2.20. The Morgan fingerprint density at radius 2 is 2.13 bits per heavy atom. The third kappa shape index (κ3) is 1.45. The highest BCUT2D eigenvalue weighted by Gasteiger charge is 2.15. The lowest BCUT2D eigenvalue weighted by atomic mass is 10.2. The molecule has 0 aliphatic carbocycles. The number of halogens is 1. The quantitative estimate of drug-likeness (QED) is 0.797. The number of benzene rings is 1. The fraction of sp³-hybridized carbons (Fsp3) is 0.182. The zero-order valence-electron chi connectivity index (χ0n) is 8.41. The van der Waals surface area contributed by atoms with E-state index in [0.29, 0.717) is 0 Å². The molecule has 1 N–H and O–H groups in total. The van der Waals surface area contributed by atoms with Gasteiger partial charge >= 0.3 is 0 Å². The number of aromatic nitrogens is 1. The standard InChI is InChI=1S/C11H10BrNO2/c1-6-9-4-3-8(12)5-10(9)13(7(2)14)11(6)15/h3-5,15H,1-2H3. The highest BCUT2D eigenvalue weighted by molar-refractivity contribution is 9.10. The van der Waals surface area contributed by atoms with E-state index in [0.717, 1.165) is 20.9 Å². The number of hydrogen-bond donors (Lipinski definition) is 1. The Hall–Kier alpha value is -1.29. The van der Waals surface area contributed by atoms with E-state index in [4.69, 9.17) is 0 Å². The average molecular weight is 268 g/mol. The smallest absolute Gasteiger partial charge is 0.230 e. The molecular formula is C11H10BrNO2. The summed E-state index contributed by atoms with van der Waals surface area (Å²) in [6.07, 6.45) is 0. The molecule has 0 atom stereocenters. The molecule has 1 heterocycles. The topological polar surface area (TPSA) is 42.2 Å². The summed E-state index contributed by atoms with van der Waals surface area (Å²) in [6.45, 7) is 3.23. The van der Waals surface area contributed by atoms with E-state index in [2.05, 4.69) is 15.9 Å². The molecule has 1 aromatic carbocycles. The van der Waals surface area contributed by atoms with Gasteiger partial charge in [0.15, 0.2) is 0 Å². The van der Waals surface area contributed by atoms with Crippen LogP contribution >= 0.6 is 15.9 Å². The summed E-state index contributed by atoms with van der Waals surface area (Å²) in [6, 6.07) is 5.59. The van der Waals surface area contributed by atoms with Crippen LogP contribution in [0.1, 0.15) is 17.3 Å². The van der Waals surface area contributed by atoms with Crippen molar-refractivity contribution in [3.05, 3.63) is 28.2 Å². The van der Waals surface area contributed by atoms with Crippen LogP contribution in [0.4, 0.5) is 0 Å². The molecule has 0 saturated heterocycles. The van der Waals surface area contributed by atoms with Crippen molar-refractivity contribution in [3.8, 4) is 5.88 Å². The van der Waals surface area contributed by atoms with E-state index < -0.39 is 0 Å². The number of carbonyl (C=O) groups excluding carboxylic acids is 1. The molecule has 2 aromatic rings. The van der Waals surface area contributed by atoms with Crippen molar-refractivity contribution in [1.82, 2.24) is 4.57 Å². The lowest BCUT2D eigenvalue weighted by Gasteiger charge is -2.00. The molecule has 0 aliphatic heterocycles. The Morgan fingerprint density at radius 1 is 1.47 bits per heavy atom. The molecule has 78 valence electrons. The molecular weight excluding hydrogens is 258 g/mol. The minimum Gasteiger partial charge on any atom is -0.494 e. The van der Waals surface area contributed by atoms with Gasteiger partial charge in [-0.2, -0.15) is 0 Å². The summed E-state index contributed by atoms with van der Waals surface area (Å²) in [7, 11) is 0. The van der Waals surface area contributed by atoms with Gasteiger partial charge in [0.1, 0.15) is 0 Å². The normalized spacial score (nSPS) is 10.9. The van der Waals surface area contributed by atoms with Gasteiger partial charge in [0.05, 0.1) is 5.52 Å². The first-order valence-electron chi connectivity index (χ1n) is 4.53. The first-order valence-corrected chi connectivity index (χ1v) is 5.32. The van der Waals surface area contributed by atoms with Crippen molar-refractivity contribution < 1.29 is 9.90 Å². The Balaban J connectivity index is 2.95. The van der Waals surface area contributed by atoms with Gasteiger partial charge in [0, 0.05) is 22.3 Å². The molecule has 0 aliphatic rings. The number of aromatic hydroxyl groups is 1. The second-order valence-corrected chi connectivity index (χ2v) is 4.38. The highest BCUT2D eigenvalue weighted by atomic mass is 79.9. The summed E-state index contributed by atoms with van der Waals surface area (Å²) in [4.78, 5) is 11.4. The number of carbonyl (C=O) groups is 1. The monoisotopic (exact) mass is 267 g/mol. The summed E-state index contributed by atoms with van der Waals surface area (Å²) >= 11 is 3.34. The minimum absolute atomic E-state index is 0.0237. The maximum atomic E-state index is 11.4. The predicted octanol–water partition coefficient (Wildman–Crippen LogP) is 3.08. The van der Waals surface area contributed by atoms with Crippen LogP contribution in [0, 0.1) is 6.92 Å². The predicted molar refractivity (Wildman–Crippen MR) is 62.3 cm³/mol. The molecule has 0 bridgehead atoms. The van der Waals surface area contributed by atoms with E-state index in [1.165, 1.54) is 11.5 Å². The summed E-state index contributed by atoms with van der Waals surface area (Å²) in [5, 5.41) is 10.7. The van der Waals surface area contributed by atoms with Crippen molar-refractivity contribution in [2.24, 2.45) is 0 Å². The first-order chi connectivity index (χ1) is 7.02. The van der Waals surface area contributed by atoms with Crippen molar-refractivity contribution in [3.63, 3.8) is 0 Å². The first kappa shape index (κ1) is 10.2. The van der Waals surface area contributed by atoms with Crippen LogP contribution in [0.5, 0.6) is 5.88 Å². The maximum Gasteiger partial charge on any atom is 0.230 e. The lowest BCUT2D eigenvalue weighted by Crippen LogP contribution is -2.04. The molecule has 0 unspecified atom stereocenters. The minimum atomic E-state index is -0.191. The number of nitrogens with zero attached hydrogens (tertiary/aromatic N) is 1. The fourth-order valence-electron chi connectivity index (χ4n) is 1.73. The van der Waals surface area contributed by atoms with Crippen molar-refractivity contribution in [2.75, 3.05) is 0 Å². The fourth-order valence-corrected chi connectivity index (χ4v) is 2.08. The number of fused-ring (bicyclic) bond motifs is 1. The highest BCUT2D eigenvalue weighted by Crippen LogP contribution is 2.31. The molecule has 3 nitrogen and oxygen atoms in total. The molecule has 0 saturated carbocycles. The van der Waals surface area contributed by atoms with Crippen molar-refractivity contribution in [2.45, 2.75) is 13.8 Å². The Bertz CT molecular complexity index is 557. The zero-order valence-corrected chi connectivity index (χ0v) is 10.00. The van der Waals surface area contributed by atoms with Crippen LogP contribution in [0.25, 0.3) is 10.9 Å². The number of hydrogen-bond acceptors (Lipinski definition) is 2. The average Bonchev–Trinajstić information content (AvgIpc) is 2.39. The molecule has 0 spiro atoms. The molecule has 0 fully saturated rings. The largest absolute Gasteiger partial charge is 0.494 e. The van der Waals surface area contributed by atoms with E-state index in [9.17, 15) is 9.90 Å². The van der Waals surface area contributed by atoms with Crippen molar-refractivity contribution in [1.29, 1.82) is 0 Å². The maximum absolute atomic E-state index is 11.4. The van der Waals surface area contributed by atoms with Gasteiger partial charge in [-0.05, 0) is 19.1 Å². The van der Waals surface area contributed by atoms with Gasteiger partial charge in [-0.25, -0.2) is 0 Å². The van der Waals surface area contributed by atoms with Gasteiger partial charge in [0.25, 0.3) is 0 Å². The molecule has 2 rings (SSSR count). The third-order valence-electron chi connectivity index (χ3n) is 2.47. The van der Waals surface area contributed by atoms with Crippen LogP contribution in [0.15, 0.2) is 22.7 Å². The van der Waals surface area contributed by atoms with Crippen LogP contribution in [0.2, 0.25) is 0 Å². The van der Waals surface area contributed by atoms with Crippen LogP contribution < -0.4 is 0 Å². The van der Waals surface area contributed by atoms with E-state index in [-0.39, 0.29) is 11.8 Å². The van der Waals surface area contributed by atoms with Crippen LogP contribution in [0.3, 0.4) is 0 Å². The van der Waals surface area contributed by atoms with Gasteiger partial charge in [-0.1, -0.05) is 22.0 Å². The van der Waals surface area contributed by atoms with Crippen LogP contribution in [-0.4, -0.2) is 15.6 Å². The van der Waals surface area contributed by atoms with E-state index in [1.54, 1.807) is 6.92 Å². The molecule has 1 aromatic heterocycles. The zero-order chi connectivity index (χ0) is 11.2. The number of rotatable bonds is 0. The van der Waals surface area contributed by atoms with Gasteiger partial charge < -0.3 is 5.11 Å². The van der Waals surface area contributed by atoms with Gasteiger partial charge in [0.2, 0.25) is 11.8 Å².